The molecule has 8 heteroatoms. The lowest BCUT2D eigenvalue weighted by Gasteiger charge is -2.29. The van der Waals surface area contributed by atoms with Crippen LogP contribution in [0, 0.1) is 0 Å². The van der Waals surface area contributed by atoms with Crippen LogP contribution in [0.25, 0.3) is 0 Å². The largest absolute Gasteiger partial charge is 0.379 e. The number of hydrogen-bond donors (Lipinski definition) is 2. The van der Waals surface area contributed by atoms with E-state index in [0.29, 0.717) is 19.7 Å². The molecule has 1 unspecified atom stereocenters. The molecule has 0 bridgehead atoms. The van der Waals surface area contributed by atoms with E-state index in [1.807, 2.05) is 13.0 Å². The zero-order chi connectivity index (χ0) is 20.8. The van der Waals surface area contributed by atoms with Gasteiger partial charge >= 0.3 is 0 Å². The number of rotatable bonds is 13. The van der Waals surface area contributed by atoms with Crippen molar-refractivity contribution in [3.05, 3.63) is 35.9 Å². The molecule has 0 saturated carbocycles. The molecule has 2 N–H and O–H groups in total. The van der Waals surface area contributed by atoms with E-state index in [9.17, 15) is 8.42 Å². The molecular formula is C20H36N4O3S. The van der Waals surface area contributed by atoms with Gasteiger partial charge in [-0.2, -0.15) is 0 Å². The zero-order valence-corrected chi connectivity index (χ0v) is 18.5. The molecular weight excluding hydrogens is 376 g/mol. The molecule has 0 aromatic heterocycles. The Bertz CT molecular complexity index is 661. The predicted molar refractivity (Wildman–Crippen MR) is 117 cm³/mol. The van der Waals surface area contributed by atoms with Gasteiger partial charge < -0.3 is 15.4 Å². The van der Waals surface area contributed by atoms with E-state index < -0.39 is 9.84 Å². The number of hydrogen-bond acceptors (Lipinski definition) is 5. The van der Waals surface area contributed by atoms with Gasteiger partial charge in [0.1, 0.15) is 9.84 Å². The normalized spacial score (nSPS) is 13.5. The van der Waals surface area contributed by atoms with Crippen LogP contribution in [-0.4, -0.2) is 77.2 Å². The van der Waals surface area contributed by atoms with Gasteiger partial charge in [0.25, 0.3) is 0 Å². The number of nitrogens with one attached hydrogen (secondary N) is 2. The van der Waals surface area contributed by atoms with E-state index in [0.717, 1.165) is 25.6 Å². The fourth-order valence-corrected chi connectivity index (χ4v) is 3.27. The third-order valence-electron chi connectivity index (χ3n) is 4.34. The molecule has 1 aromatic rings. The first-order chi connectivity index (χ1) is 13.4. The zero-order valence-electron chi connectivity index (χ0n) is 17.6. The van der Waals surface area contributed by atoms with Crippen molar-refractivity contribution in [1.82, 2.24) is 15.5 Å². The Morgan fingerprint density at radius 1 is 1.11 bits per heavy atom. The Morgan fingerprint density at radius 3 is 2.36 bits per heavy atom. The molecule has 0 saturated heterocycles. The summed E-state index contributed by atoms with van der Waals surface area (Å²) < 4.78 is 27.6. The van der Waals surface area contributed by atoms with Gasteiger partial charge in [0.05, 0.1) is 31.6 Å². The summed E-state index contributed by atoms with van der Waals surface area (Å²) in [5.74, 6) is 0.784. The second-order valence-corrected chi connectivity index (χ2v) is 8.80. The summed E-state index contributed by atoms with van der Waals surface area (Å²) in [5.41, 5.74) is 1.26. The number of nitrogens with zero attached hydrogens (tertiary/aromatic N) is 2. The van der Waals surface area contributed by atoms with Crippen LogP contribution in [-0.2, 0) is 14.6 Å². The molecule has 0 aliphatic rings. The van der Waals surface area contributed by atoms with Gasteiger partial charge in [-0.05, 0) is 25.6 Å². The summed E-state index contributed by atoms with van der Waals surface area (Å²) in [5, 5.41) is 6.49. The van der Waals surface area contributed by atoms with Crippen molar-refractivity contribution in [2.45, 2.75) is 26.8 Å². The maximum absolute atomic E-state index is 11.1. The predicted octanol–water partition coefficient (Wildman–Crippen LogP) is 1.69. The van der Waals surface area contributed by atoms with E-state index in [1.165, 1.54) is 11.8 Å². The van der Waals surface area contributed by atoms with Crippen LogP contribution in [0.5, 0.6) is 0 Å². The molecule has 0 spiro atoms. The first-order valence-corrected chi connectivity index (χ1v) is 12.0. The third-order valence-corrected chi connectivity index (χ3v) is 5.25. The van der Waals surface area contributed by atoms with Crippen molar-refractivity contribution >= 4 is 15.8 Å². The van der Waals surface area contributed by atoms with Crippen molar-refractivity contribution < 1.29 is 13.2 Å². The molecule has 0 heterocycles. The molecule has 28 heavy (non-hydrogen) atoms. The highest BCUT2D eigenvalue weighted by Crippen LogP contribution is 2.20. The van der Waals surface area contributed by atoms with Crippen molar-refractivity contribution in [2.75, 3.05) is 57.9 Å². The lowest BCUT2D eigenvalue weighted by Crippen LogP contribution is -2.40. The number of benzene rings is 1. The maximum atomic E-state index is 11.1. The quantitative estimate of drug-likeness (QED) is 0.291. The molecule has 0 amide bonds. The summed E-state index contributed by atoms with van der Waals surface area (Å²) in [6.45, 7) is 10.9. The smallest absolute Gasteiger partial charge is 0.191 e. The molecule has 1 rings (SSSR count). The number of likely N-dealkylation sites (N-methyl/N-ethyl adjacent to an activating group) is 1. The van der Waals surface area contributed by atoms with Crippen LogP contribution >= 0.6 is 0 Å². The summed E-state index contributed by atoms with van der Waals surface area (Å²) in [6, 6.07) is 10.7. The van der Waals surface area contributed by atoms with Gasteiger partial charge in [-0.15, -0.1) is 0 Å². The van der Waals surface area contributed by atoms with Crippen LogP contribution in [0.1, 0.15) is 32.4 Å². The van der Waals surface area contributed by atoms with Crippen LogP contribution in [0.2, 0.25) is 0 Å². The fourth-order valence-electron chi connectivity index (χ4n) is 2.84. The molecule has 0 aliphatic carbocycles. The van der Waals surface area contributed by atoms with Crippen LogP contribution in [0.15, 0.2) is 35.3 Å². The van der Waals surface area contributed by atoms with Gasteiger partial charge in [-0.25, -0.2) is 8.42 Å². The van der Waals surface area contributed by atoms with Gasteiger partial charge in [0.15, 0.2) is 5.96 Å². The summed E-state index contributed by atoms with van der Waals surface area (Å²) in [6.07, 6.45) is 1.21. The highest BCUT2D eigenvalue weighted by molar-refractivity contribution is 7.90. The maximum Gasteiger partial charge on any atom is 0.191 e. The SMILES string of the molecule is CCNC(=NCC(c1ccccc1)N(CC)CC)NCCOCCS(C)(=O)=O. The Morgan fingerprint density at radius 2 is 1.79 bits per heavy atom. The Kier molecular flexibility index (Phi) is 11.8. The standard InChI is InChI=1S/C20H36N4O3S/c1-5-21-20(22-13-14-27-15-16-28(4,25)26)23-17-19(24(6-2)7-3)18-11-9-8-10-12-18/h8-12,19H,5-7,13-17H2,1-4H3,(H2,21,22,23). The first-order valence-electron chi connectivity index (χ1n) is 9.97. The Balaban J connectivity index is 2.63. The number of aliphatic imine (C=N–C) groups is 1. The van der Waals surface area contributed by atoms with E-state index in [1.54, 1.807) is 0 Å². The van der Waals surface area contributed by atoms with E-state index >= 15 is 0 Å². The Labute approximate surface area is 170 Å². The summed E-state index contributed by atoms with van der Waals surface area (Å²) in [4.78, 5) is 7.16. The number of ether oxygens (including phenoxy) is 1. The second kappa shape index (κ2) is 13.5. The topological polar surface area (TPSA) is 83.0 Å². The number of sulfone groups is 1. The molecule has 7 nitrogen and oxygen atoms in total. The molecule has 0 fully saturated rings. The third kappa shape index (κ3) is 10.1. The molecule has 0 aliphatic heterocycles. The minimum absolute atomic E-state index is 0.0454. The molecule has 1 atom stereocenters. The molecule has 160 valence electrons. The average Bonchev–Trinajstić information content (AvgIpc) is 2.67. The van der Waals surface area contributed by atoms with Crippen molar-refractivity contribution in [1.29, 1.82) is 0 Å². The van der Waals surface area contributed by atoms with Gasteiger partial charge in [-0.1, -0.05) is 44.2 Å². The monoisotopic (exact) mass is 412 g/mol. The highest BCUT2D eigenvalue weighted by atomic mass is 32.2. The molecule has 1 aromatic carbocycles. The fraction of sp³-hybridized carbons (Fsp3) is 0.650. The minimum Gasteiger partial charge on any atom is -0.379 e. The van der Waals surface area contributed by atoms with Crippen molar-refractivity contribution in [2.24, 2.45) is 4.99 Å². The van der Waals surface area contributed by atoms with Crippen molar-refractivity contribution in [3.8, 4) is 0 Å². The van der Waals surface area contributed by atoms with Crippen LogP contribution < -0.4 is 10.6 Å². The van der Waals surface area contributed by atoms with E-state index in [-0.39, 0.29) is 18.4 Å². The highest BCUT2D eigenvalue weighted by Gasteiger charge is 2.17. The summed E-state index contributed by atoms with van der Waals surface area (Å²) in [7, 11) is -2.98. The van der Waals surface area contributed by atoms with Crippen LogP contribution in [0.4, 0.5) is 0 Å². The second-order valence-electron chi connectivity index (χ2n) is 6.54. The number of guanidine groups is 1. The van der Waals surface area contributed by atoms with E-state index in [2.05, 4.69) is 53.6 Å². The van der Waals surface area contributed by atoms with E-state index in [4.69, 9.17) is 9.73 Å². The average molecular weight is 413 g/mol. The lowest BCUT2D eigenvalue weighted by molar-refractivity contribution is 0.154. The molecule has 0 radical (unpaired) electrons. The van der Waals surface area contributed by atoms with Gasteiger partial charge in [-0.3, -0.25) is 9.89 Å². The van der Waals surface area contributed by atoms with Crippen molar-refractivity contribution in [3.63, 3.8) is 0 Å². The lowest BCUT2D eigenvalue weighted by atomic mass is 10.1. The summed E-state index contributed by atoms with van der Waals surface area (Å²) >= 11 is 0. The minimum atomic E-state index is -2.98. The van der Waals surface area contributed by atoms with Gasteiger partial charge in [0, 0.05) is 19.3 Å². The van der Waals surface area contributed by atoms with Gasteiger partial charge in [0.2, 0.25) is 0 Å². The Hall–Kier alpha value is -1.64. The van der Waals surface area contributed by atoms with Crippen LogP contribution in [0.3, 0.4) is 0 Å². The first kappa shape index (κ1) is 24.4.